The summed E-state index contributed by atoms with van der Waals surface area (Å²) in [5.41, 5.74) is 7.65. The van der Waals surface area contributed by atoms with Crippen molar-refractivity contribution in [3.63, 3.8) is 0 Å². The van der Waals surface area contributed by atoms with E-state index in [1.54, 1.807) is 45.2 Å². The van der Waals surface area contributed by atoms with Crippen molar-refractivity contribution in [2.24, 2.45) is 12.8 Å². The van der Waals surface area contributed by atoms with Gasteiger partial charge in [-0.3, -0.25) is 14.2 Å². The number of carbonyl (C=O) groups is 1. The first-order valence-corrected chi connectivity index (χ1v) is 9.26. The standard InChI is InChI=1S/C20H25N3O5/c1-12(2)28-19(25)16(21)10-13-4-6-14(7-5-13)23-18(24)15-11-27-9-8-17(15)22(3)20(23)26/h4-7,12,16H,8-11,21H2,1-3H3. The Balaban J connectivity index is 1.88. The lowest BCUT2D eigenvalue weighted by molar-refractivity contribution is -0.148. The first-order valence-electron chi connectivity index (χ1n) is 9.26. The van der Waals surface area contributed by atoms with Crippen LogP contribution in [0.5, 0.6) is 0 Å². The quantitative estimate of drug-likeness (QED) is 0.746. The molecule has 1 aromatic heterocycles. The van der Waals surface area contributed by atoms with Crippen molar-refractivity contribution in [3.05, 3.63) is 61.9 Å². The first-order chi connectivity index (χ1) is 13.3. The summed E-state index contributed by atoms with van der Waals surface area (Å²) in [5, 5.41) is 0. The van der Waals surface area contributed by atoms with E-state index in [1.165, 1.54) is 4.57 Å². The molecule has 0 fully saturated rings. The molecule has 28 heavy (non-hydrogen) atoms. The maximum absolute atomic E-state index is 12.8. The fraction of sp³-hybridized carbons (Fsp3) is 0.450. The molecule has 0 aliphatic carbocycles. The van der Waals surface area contributed by atoms with Gasteiger partial charge in [0.2, 0.25) is 0 Å². The number of hydrogen-bond donors (Lipinski definition) is 1. The van der Waals surface area contributed by atoms with E-state index in [0.29, 0.717) is 30.7 Å². The van der Waals surface area contributed by atoms with E-state index in [9.17, 15) is 14.4 Å². The van der Waals surface area contributed by atoms with Crippen LogP contribution in [0.15, 0.2) is 33.9 Å². The van der Waals surface area contributed by atoms with Gasteiger partial charge in [-0.15, -0.1) is 0 Å². The molecule has 0 saturated carbocycles. The Hall–Kier alpha value is -2.71. The molecule has 2 aromatic rings. The molecule has 0 radical (unpaired) electrons. The molecule has 0 bridgehead atoms. The number of fused-ring (bicyclic) bond motifs is 1. The number of hydrogen-bond acceptors (Lipinski definition) is 6. The van der Waals surface area contributed by atoms with E-state index in [0.717, 1.165) is 15.8 Å². The van der Waals surface area contributed by atoms with Gasteiger partial charge in [0.05, 0.1) is 30.6 Å². The Morgan fingerprint density at radius 1 is 1.25 bits per heavy atom. The number of ether oxygens (including phenoxy) is 2. The van der Waals surface area contributed by atoms with Gasteiger partial charge in [-0.2, -0.15) is 0 Å². The van der Waals surface area contributed by atoms with Crippen LogP contribution in [-0.4, -0.2) is 33.9 Å². The maximum Gasteiger partial charge on any atom is 0.335 e. The molecular weight excluding hydrogens is 362 g/mol. The molecular formula is C20H25N3O5. The topological polar surface area (TPSA) is 106 Å². The Kier molecular flexibility index (Phi) is 5.81. The van der Waals surface area contributed by atoms with E-state index in [-0.39, 0.29) is 18.3 Å². The Bertz CT molecular complexity index is 989. The minimum Gasteiger partial charge on any atom is -0.462 e. The fourth-order valence-electron chi connectivity index (χ4n) is 3.29. The third kappa shape index (κ3) is 3.93. The molecule has 1 aliphatic heterocycles. The Morgan fingerprint density at radius 3 is 2.57 bits per heavy atom. The smallest absolute Gasteiger partial charge is 0.335 e. The van der Waals surface area contributed by atoms with Crippen LogP contribution in [0, 0.1) is 0 Å². The highest BCUT2D eigenvalue weighted by atomic mass is 16.5. The molecule has 3 rings (SSSR count). The van der Waals surface area contributed by atoms with Gasteiger partial charge in [0, 0.05) is 19.2 Å². The SMILES string of the molecule is CC(C)OC(=O)C(N)Cc1ccc(-n2c(=O)c3c(n(C)c2=O)CCOC3)cc1. The van der Waals surface area contributed by atoms with Crippen molar-refractivity contribution >= 4 is 5.97 Å². The molecule has 8 heteroatoms. The van der Waals surface area contributed by atoms with Crippen molar-refractivity contribution in [1.82, 2.24) is 9.13 Å². The molecule has 2 N–H and O–H groups in total. The third-order valence-electron chi connectivity index (χ3n) is 4.73. The van der Waals surface area contributed by atoms with Gasteiger partial charge in [0.25, 0.3) is 5.56 Å². The summed E-state index contributed by atoms with van der Waals surface area (Å²) < 4.78 is 13.1. The molecule has 8 nitrogen and oxygen atoms in total. The summed E-state index contributed by atoms with van der Waals surface area (Å²) in [6, 6.07) is 6.08. The minimum absolute atomic E-state index is 0.202. The lowest BCUT2D eigenvalue weighted by Crippen LogP contribution is -2.43. The second kappa shape index (κ2) is 8.12. The van der Waals surface area contributed by atoms with Crippen molar-refractivity contribution in [2.75, 3.05) is 6.61 Å². The van der Waals surface area contributed by atoms with Gasteiger partial charge in [-0.05, 0) is 38.0 Å². The second-order valence-electron chi connectivity index (χ2n) is 7.17. The van der Waals surface area contributed by atoms with Crippen LogP contribution in [0.4, 0.5) is 0 Å². The molecule has 150 valence electrons. The largest absolute Gasteiger partial charge is 0.462 e. The van der Waals surface area contributed by atoms with Crippen LogP contribution in [0.2, 0.25) is 0 Å². The van der Waals surface area contributed by atoms with Gasteiger partial charge >= 0.3 is 11.7 Å². The number of nitrogens with zero attached hydrogens (tertiary/aromatic N) is 2. The summed E-state index contributed by atoms with van der Waals surface area (Å²) in [6.45, 7) is 4.23. The Labute approximate surface area is 162 Å². The lowest BCUT2D eigenvalue weighted by atomic mass is 10.1. The molecule has 0 amide bonds. The van der Waals surface area contributed by atoms with Crippen LogP contribution in [0.1, 0.15) is 30.7 Å². The number of benzene rings is 1. The van der Waals surface area contributed by atoms with E-state index >= 15 is 0 Å². The zero-order valence-corrected chi connectivity index (χ0v) is 16.3. The van der Waals surface area contributed by atoms with Crippen LogP contribution in [0.3, 0.4) is 0 Å². The van der Waals surface area contributed by atoms with Crippen molar-refractivity contribution in [3.8, 4) is 5.69 Å². The van der Waals surface area contributed by atoms with E-state index < -0.39 is 17.7 Å². The zero-order chi connectivity index (χ0) is 20.4. The van der Waals surface area contributed by atoms with Gasteiger partial charge in [0.15, 0.2) is 0 Å². The second-order valence-corrected chi connectivity index (χ2v) is 7.17. The molecule has 2 heterocycles. The molecule has 0 spiro atoms. The number of esters is 1. The van der Waals surface area contributed by atoms with Gasteiger partial charge in [-0.25, -0.2) is 9.36 Å². The molecule has 1 atom stereocenters. The van der Waals surface area contributed by atoms with E-state index in [2.05, 4.69) is 0 Å². The highest BCUT2D eigenvalue weighted by Gasteiger charge is 2.21. The molecule has 1 aliphatic rings. The van der Waals surface area contributed by atoms with Gasteiger partial charge in [-0.1, -0.05) is 12.1 Å². The Morgan fingerprint density at radius 2 is 1.93 bits per heavy atom. The van der Waals surface area contributed by atoms with Crippen molar-refractivity contribution in [2.45, 2.75) is 45.4 Å². The average molecular weight is 387 g/mol. The number of rotatable bonds is 5. The number of carbonyl (C=O) groups excluding carboxylic acids is 1. The summed E-state index contributed by atoms with van der Waals surface area (Å²) in [4.78, 5) is 37.4. The fourth-order valence-corrected chi connectivity index (χ4v) is 3.29. The van der Waals surface area contributed by atoms with Crippen LogP contribution >= 0.6 is 0 Å². The average Bonchev–Trinajstić information content (AvgIpc) is 2.67. The molecule has 1 unspecified atom stereocenters. The number of nitrogens with two attached hydrogens (primary N) is 1. The first kappa shape index (κ1) is 20.0. The predicted molar refractivity (Wildman–Crippen MR) is 104 cm³/mol. The lowest BCUT2D eigenvalue weighted by Gasteiger charge is -2.20. The van der Waals surface area contributed by atoms with Gasteiger partial charge in [0.1, 0.15) is 6.04 Å². The monoisotopic (exact) mass is 387 g/mol. The van der Waals surface area contributed by atoms with Crippen molar-refractivity contribution < 1.29 is 14.3 Å². The van der Waals surface area contributed by atoms with Crippen molar-refractivity contribution in [1.29, 1.82) is 0 Å². The minimum atomic E-state index is -0.773. The zero-order valence-electron chi connectivity index (χ0n) is 16.3. The van der Waals surface area contributed by atoms with Gasteiger partial charge < -0.3 is 15.2 Å². The maximum atomic E-state index is 12.8. The summed E-state index contributed by atoms with van der Waals surface area (Å²) in [5.74, 6) is -0.459. The summed E-state index contributed by atoms with van der Waals surface area (Å²) in [6.07, 6.45) is 0.619. The highest BCUT2D eigenvalue weighted by molar-refractivity contribution is 5.76. The number of aromatic nitrogens is 2. The van der Waals surface area contributed by atoms with E-state index in [4.69, 9.17) is 15.2 Å². The molecule has 1 aromatic carbocycles. The van der Waals surface area contributed by atoms with Crippen LogP contribution in [-0.2, 0) is 40.8 Å². The molecule has 0 saturated heterocycles. The van der Waals surface area contributed by atoms with Crippen LogP contribution < -0.4 is 17.0 Å². The third-order valence-corrected chi connectivity index (χ3v) is 4.73. The predicted octanol–water partition coefficient (Wildman–Crippen LogP) is 0.430. The normalized spacial score (nSPS) is 14.6. The summed E-state index contributed by atoms with van der Waals surface area (Å²) >= 11 is 0. The van der Waals surface area contributed by atoms with Crippen LogP contribution in [0.25, 0.3) is 5.69 Å². The summed E-state index contributed by atoms with van der Waals surface area (Å²) in [7, 11) is 1.66. The van der Waals surface area contributed by atoms with E-state index in [1.807, 2.05) is 0 Å². The highest BCUT2D eigenvalue weighted by Crippen LogP contribution is 2.13.